The summed E-state index contributed by atoms with van der Waals surface area (Å²) in [6, 6.07) is 28.5. The van der Waals surface area contributed by atoms with E-state index in [4.69, 9.17) is 23.2 Å². The zero-order chi connectivity index (χ0) is 33.3. The normalized spacial score (nSPS) is 12.6. The molecule has 0 aromatic heterocycles. The number of carbonyl (C=O) groups is 2. The first-order valence-electron chi connectivity index (χ1n) is 15.3. The Labute approximate surface area is 282 Å². The van der Waals surface area contributed by atoms with Gasteiger partial charge in [0.2, 0.25) is 11.8 Å². The molecule has 0 spiro atoms. The van der Waals surface area contributed by atoms with Gasteiger partial charge < -0.3 is 10.2 Å². The van der Waals surface area contributed by atoms with Crippen molar-refractivity contribution in [2.45, 2.75) is 63.6 Å². The second-order valence-electron chi connectivity index (χ2n) is 11.1. The van der Waals surface area contributed by atoms with Crippen molar-refractivity contribution in [3.05, 3.63) is 130 Å². The molecule has 0 aliphatic carbocycles. The maximum atomic E-state index is 14.6. The molecule has 0 fully saturated rings. The van der Waals surface area contributed by atoms with E-state index >= 15 is 0 Å². The van der Waals surface area contributed by atoms with Crippen molar-refractivity contribution in [3.63, 3.8) is 0 Å². The molecule has 0 saturated heterocycles. The number of amides is 2. The number of carbonyl (C=O) groups excluding carboxylic acids is 2. The molecule has 2 amide bonds. The Morgan fingerprint density at radius 3 is 2.07 bits per heavy atom. The van der Waals surface area contributed by atoms with Gasteiger partial charge in [-0.1, -0.05) is 110 Å². The summed E-state index contributed by atoms with van der Waals surface area (Å²) in [4.78, 5) is 30.1. The van der Waals surface area contributed by atoms with Crippen LogP contribution in [0.4, 0.5) is 5.69 Å². The fraction of sp³-hybridized carbons (Fsp3) is 0.278. The second-order valence-corrected chi connectivity index (χ2v) is 13.8. The van der Waals surface area contributed by atoms with E-state index in [0.717, 1.165) is 15.4 Å². The molecule has 46 heavy (non-hydrogen) atoms. The first kappa shape index (κ1) is 35.0. The fourth-order valence-electron chi connectivity index (χ4n) is 5.12. The van der Waals surface area contributed by atoms with Gasteiger partial charge in [0.1, 0.15) is 12.6 Å². The lowest BCUT2D eigenvalue weighted by atomic mass is 10.0. The molecule has 0 heterocycles. The first-order valence-corrected chi connectivity index (χ1v) is 17.5. The fourth-order valence-corrected chi connectivity index (χ4v) is 6.91. The van der Waals surface area contributed by atoms with Crippen LogP contribution in [0.2, 0.25) is 10.0 Å². The molecule has 0 aliphatic rings. The van der Waals surface area contributed by atoms with Crippen molar-refractivity contribution in [3.8, 4) is 0 Å². The number of para-hydroxylation sites is 1. The van der Waals surface area contributed by atoms with Crippen molar-refractivity contribution in [2.24, 2.45) is 0 Å². The molecular weight excluding hydrogens is 641 g/mol. The number of sulfonamides is 1. The van der Waals surface area contributed by atoms with Crippen molar-refractivity contribution in [1.29, 1.82) is 0 Å². The lowest BCUT2D eigenvalue weighted by Gasteiger charge is -2.34. The number of aryl methyl sites for hydroxylation is 1. The highest BCUT2D eigenvalue weighted by molar-refractivity contribution is 7.92. The van der Waals surface area contributed by atoms with E-state index < -0.39 is 28.5 Å². The number of hydrogen-bond acceptors (Lipinski definition) is 4. The van der Waals surface area contributed by atoms with E-state index in [1.54, 1.807) is 48.5 Å². The molecular formula is C36H39Cl2N3O4S. The van der Waals surface area contributed by atoms with Crippen LogP contribution in [-0.2, 0) is 39.0 Å². The van der Waals surface area contributed by atoms with Gasteiger partial charge >= 0.3 is 0 Å². The third-order valence-corrected chi connectivity index (χ3v) is 10.4. The van der Waals surface area contributed by atoms with E-state index in [2.05, 4.69) is 5.32 Å². The molecule has 4 aromatic carbocycles. The van der Waals surface area contributed by atoms with E-state index in [1.807, 2.05) is 63.2 Å². The van der Waals surface area contributed by atoms with Crippen molar-refractivity contribution >= 4 is 50.7 Å². The van der Waals surface area contributed by atoms with Crippen molar-refractivity contribution < 1.29 is 18.0 Å². The van der Waals surface area contributed by atoms with E-state index in [9.17, 15) is 18.0 Å². The van der Waals surface area contributed by atoms with Crippen LogP contribution in [-0.4, -0.2) is 43.8 Å². The van der Waals surface area contributed by atoms with Gasteiger partial charge in [-0.2, -0.15) is 0 Å². The Morgan fingerprint density at radius 2 is 1.43 bits per heavy atom. The average Bonchev–Trinajstić information content (AvgIpc) is 3.07. The monoisotopic (exact) mass is 679 g/mol. The van der Waals surface area contributed by atoms with Crippen molar-refractivity contribution in [2.75, 3.05) is 10.8 Å². The summed E-state index contributed by atoms with van der Waals surface area (Å²) in [5, 5.41) is 3.70. The van der Waals surface area contributed by atoms with Crippen LogP contribution in [0, 0.1) is 0 Å². The summed E-state index contributed by atoms with van der Waals surface area (Å²) in [5.41, 5.74) is 2.66. The summed E-state index contributed by atoms with van der Waals surface area (Å²) in [5.74, 6) is -0.880. The van der Waals surface area contributed by atoms with Crippen LogP contribution < -0.4 is 9.62 Å². The van der Waals surface area contributed by atoms with Crippen LogP contribution in [0.1, 0.15) is 43.9 Å². The van der Waals surface area contributed by atoms with Gasteiger partial charge in [0.25, 0.3) is 10.0 Å². The Hall–Kier alpha value is -3.85. The average molecular weight is 681 g/mol. The molecule has 0 saturated carbocycles. The Balaban J connectivity index is 1.84. The predicted octanol–water partition coefficient (Wildman–Crippen LogP) is 7.31. The predicted molar refractivity (Wildman–Crippen MR) is 186 cm³/mol. The third kappa shape index (κ3) is 8.69. The highest BCUT2D eigenvalue weighted by Gasteiger charge is 2.35. The van der Waals surface area contributed by atoms with Gasteiger partial charge in [-0.25, -0.2) is 8.42 Å². The lowest BCUT2D eigenvalue weighted by Crippen LogP contribution is -2.54. The Kier molecular flexibility index (Phi) is 12.3. The van der Waals surface area contributed by atoms with Crippen LogP contribution in [0.25, 0.3) is 0 Å². The van der Waals surface area contributed by atoms with Gasteiger partial charge in [-0.3, -0.25) is 13.9 Å². The van der Waals surface area contributed by atoms with E-state index in [0.29, 0.717) is 34.1 Å². The number of rotatable bonds is 14. The van der Waals surface area contributed by atoms with Gasteiger partial charge in [0.05, 0.1) is 20.6 Å². The van der Waals surface area contributed by atoms with Crippen molar-refractivity contribution in [1.82, 2.24) is 10.2 Å². The number of nitrogens with zero attached hydrogens (tertiary/aromatic N) is 2. The molecule has 2 atom stereocenters. The quantitative estimate of drug-likeness (QED) is 0.151. The molecule has 0 aliphatic heterocycles. The van der Waals surface area contributed by atoms with Crippen LogP contribution >= 0.6 is 23.2 Å². The molecule has 0 unspecified atom stereocenters. The standard InChI is InChI=1S/C36H39Cl2N3O4S/c1-4-26(3)39-36(43)34(23-27-14-8-6-9-15-27)40(24-28-20-21-31(37)32(38)22-28)35(42)25-41(33-19-13-12-16-29(33)5-2)46(44,45)30-17-10-7-11-18-30/h6-22,26,34H,4-5,23-25H2,1-3H3,(H,39,43)/t26-,34-/m0/s1. The molecule has 1 N–H and O–H groups in total. The SMILES string of the molecule is CCc1ccccc1N(CC(=O)N(Cc1ccc(Cl)c(Cl)c1)[C@@H](Cc1ccccc1)C(=O)N[C@@H](C)CC)S(=O)(=O)c1ccccc1. The molecule has 4 rings (SSSR count). The van der Waals surface area contributed by atoms with Gasteiger partial charge in [-0.05, 0) is 66.8 Å². The minimum absolute atomic E-state index is 0.00417. The van der Waals surface area contributed by atoms with Crippen LogP contribution in [0.3, 0.4) is 0 Å². The molecule has 0 bridgehead atoms. The molecule has 0 radical (unpaired) electrons. The topological polar surface area (TPSA) is 86.8 Å². The number of nitrogens with one attached hydrogen (secondary N) is 1. The number of benzene rings is 4. The lowest BCUT2D eigenvalue weighted by molar-refractivity contribution is -0.140. The number of halogens is 2. The van der Waals surface area contributed by atoms with Gasteiger partial charge in [0, 0.05) is 19.0 Å². The molecule has 7 nitrogen and oxygen atoms in total. The third-order valence-electron chi connectivity index (χ3n) is 7.86. The Bertz CT molecular complexity index is 1740. The number of hydrogen-bond donors (Lipinski definition) is 1. The van der Waals surface area contributed by atoms with E-state index in [-0.39, 0.29) is 29.8 Å². The molecule has 10 heteroatoms. The zero-order valence-corrected chi connectivity index (χ0v) is 28.5. The minimum atomic E-state index is -4.18. The largest absolute Gasteiger partial charge is 0.352 e. The van der Waals surface area contributed by atoms with Gasteiger partial charge in [0.15, 0.2) is 0 Å². The summed E-state index contributed by atoms with van der Waals surface area (Å²) in [6.07, 6.45) is 1.46. The number of anilines is 1. The van der Waals surface area contributed by atoms with E-state index in [1.165, 1.54) is 17.0 Å². The summed E-state index contributed by atoms with van der Waals surface area (Å²) in [7, 11) is -4.18. The second kappa shape index (κ2) is 16.1. The highest BCUT2D eigenvalue weighted by Crippen LogP contribution is 2.29. The highest BCUT2D eigenvalue weighted by atomic mass is 35.5. The first-order chi connectivity index (χ1) is 22.0. The zero-order valence-electron chi connectivity index (χ0n) is 26.2. The maximum absolute atomic E-state index is 14.6. The maximum Gasteiger partial charge on any atom is 0.264 e. The van der Waals surface area contributed by atoms with Gasteiger partial charge in [-0.15, -0.1) is 0 Å². The smallest absolute Gasteiger partial charge is 0.264 e. The molecule has 242 valence electrons. The van der Waals surface area contributed by atoms with Crippen LogP contribution in [0.5, 0.6) is 0 Å². The van der Waals surface area contributed by atoms with Crippen LogP contribution in [0.15, 0.2) is 108 Å². The Morgan fingerprint density at radius 1 is 0.804 bits per heavy atom. The minimum Gasteiger partial charge on any atom is -0.352 e. The summed E-state index contributed by atoms with van der Waals surface area (Å²) in [6.45, 7) is 5.26. The summed E-state index contributed by atoms with van der Waals surface area (Å²) < 4.78 is 29.6. The summed E-state index contributed by atoms with van der Waals surface area (Å²) >= 11 is 12.6. The molecule has 4 aromatic rings.